The summed E-state index contributed by atoms with van der Waals surface area (Å²) >= 11 is 0. The molecule has 0 N–H and O–H groups in total. The van der Waals surface area contributed by atoms with E-state index in [1.54, 1.807) is 6.20 Å². The molecule has 0 aliphatic carbocycles. The summed E-state index contributed by atoms with van der Waals surface area (Å²) in [6.07, 6.45) is 5.41. The Morgan fingerprint density at radius 1 is 1.10 bits per heavy atom. The molecule has 6 heteroatoms. The van der Waals surface area contributed by atoms with Crippen molar-refractivity contribution in [1.82, 2.24) is 14.5 Å². The van der Waals surface area contributed by atoms with Gasteiger partial charge in [0.15, 0.2) is 0 Å². The van der Waals surface area contributed by atoms with Crippen LogP contribution in [-0.2, 0) is 7.05 Å². The highest BCUT2D eigenvalue weighted by atomic mass is 15.4. The molecule has 0 radical (unpaired) electrons. The number of hydrogen-bond donors (Lipinski definition) is 0. The molecule has 0 atom stereocenters. The van der Waals surface area contributed by atoms with Gasteiger partial charge in [-0.25, -0.2) is 9.97 Å². The van der Waals surface area contributed by atoms with E-state index in [0.717, 1.165) is 37.9 Å². The molecule has 1 aliphatic heterocycles. The lowest BCUT2D eigenvalue weighted by Gasteiger charge is -2.35. The predicted octanol–water partition coefficient (Wildman–Crippen LogP) is 1.01. The van der Waals surface area contributed by atoms with Gasteiger partial charge in [-0.2, -0.15) is 5.26 Å². The summed E-state index contributed by atoms with van der Waals surface area (Å²) in [6, 6.07) is 5.81. The van der Waals surface area contributed by atoms with E-state index in [1.807, 2.05) is 36.1 Å². The van der Waals surface area contributed by atoms with Gasteiger partial charge in [-0.1, -0.05) is 0 Å². The maximum Gasteiger partial charge on any atom is 0.205 e. The molecular formula is C14H16N6. The number of rotatable bonds is 2. The second-order valence-corrected chi connectivity index (χ2v) is 4.83. The van der Waals surface area contributed by atoms with Crippen LogP contribution in [0.15, 0.2) is 30.7 Å². The number of piperazine rings is 1. The van der Waals surface area contributed by atoms with E-state index in [9.17, 15) is 0 Å². The average molecular weight is 268 g/mol. The first-order valence-corrected chi connectivity index (χ1v) is 6.61. The summed E-state index contributed by atoms with van der Waals surface area (Å²) in [5.74, 6) is 1.95. The van der Waals surface area contributed by atoms with Crippen LogP contribution in [0.2, 0.25) is 0 Å². The van der Waals surface area contributed by atoms with E-state index in [-0.39, 0.29) is 0 Å². The number of pyridine rings is 1. The minimum absolute atomic E-state index is 0.598. The number of nitrogens with zero attached hydrogens (tertiary/aromatic N) is 6. The van der Waals surface area contributed by atoms with Gasteiger partial charge >= 0.3 is 0 Å². The molecule has 1 saturated heterocycles. The van der Waals surface area contributed by atoms with Crippen LogP contribution in [-0.4, -0.2) is 40.7 Å². The normalized spacial score (nSPS) is 15.2. The zero-order valence-electron chi connectivity index (χ0n) is 11.4. The summed E-state index contributed by atoms with van der Waals surface area (Å²) in [7, 11) is 2.01. The van der Waals surface area contributed by atoms with Gasteiger partial charge in [-0.15, -0.1) is 0 Å². The van der Waals surface area contributed by atoms with E-state index in [0.29, 0.717) is 5.56 Å². The van der Waals surface area contributed by atoms with E-state index >= 15 is 0 Å². The van der Waals surface area contributed by atoms with Crippen molar-refractivity contribution in [2.24, 2.45) is 7.05 Å². The molecule has 3 rings (SSSR count). The van der Waals surface area contributed by atoms with Crippen LogP contribution >= 0.6 is 0 Å². The fraction of sp³-hybridized carbons (Fsp3) is 0.357. The molecule has 0 unspecified atom stereocenters. The molecule has 20 heavy (non-hydrogen) atoms. The van der Waals surface area contributed by atoms with Crippen molar-refractivity contribution in [2.45, 2.75) is 0 Å². The monoisotopic (exact) mass is 268 g/mol. The van der Waals surface area contributed by atoms with Gasteiger partial charge in [-0.05, 0) is 12.1 Å². The second kappa shape index (κ2) is 5.21. The Labute approximate surface area is 117 Å². The summed E-state index contributed by atoms with van der Waals surface area (Å²) in [6.45, 7) is 3.66. The molecule has 0 amide bonds. The Balaban J connectivity index is 1.66. The third-order valence-electron chi connectivity index (χ3n) is 3.56. The van der Waals surface area contributed by atoms with Gasteiger partial charge in [0.25, 0.3) is 0 Å². The first kappa shape index (κ1) is 12.5. The standard InChI is InChI=1S/C14H16N6/c1-18-5-4-16-14(18)20-8-6-19(7-9-20)13-3-2-12(10-15)11-17-13/h2-5,11H,6-9H2,1H3. The highest BCUT2D eigenvalue weighted by molar-refractivity contribution is 5.44. The smallest absolute Gasteiger partial charge is 0.205 e. The first-order chi connectivity index (χ1) is 9.78. The Hall–Kier alpha value is -2.55. The first-order valence-electron chi connectivity index (χ1n) is 6.61. The number of nitriles is 1. The average Bonchev–Trinajstić information content (AvgIpc) is 2.94. The quantitative estimate of drug-likeness (QED) is 0.813. The van der Waals surface area contributed by atoms with Gasteiger partial charge in [-0.3, -0.25) is 0 Å². The van der Waals surface area contributed by atoms with Crippen LogP contribution in [0.4, 0.5) is 11.8 Å². The van der Waals surface area contributed by atoms with Crippen molar-refractivity contribution >= 4 is 11.8 Å². The van der Waals surface area contributed by atoms with E-state index in [4.69, 9.17) is 5.26 Å². The largest absolute Gasteiger partial charge is 0.353 e. The molecule has 0 bridgehead atoms. The molecule has 2 aromatic heterocycles. The Morgan fingerprint density at radius 3 is 2.40 bits per heavy atom. The molecule has 0 aromatic carbocycles. The lowest BCUT2D eigenvalue weighted by Crippen LogP contribution is -2.47. The number of anilines is 2. The van der Waals surface area contributed by atoms with Crippen LogP contribution in [0.25, 0.3) is 0 Å². The summed E-state index contributed by atoms with van der Waals surface area (Å²) in [5, 5.41) is 8.79. The Kier molecular flexibility index (Phi) is 3.25. The topological polar surface area (TPSA) is 61.0 Å². The Bertz CT molecular complexity index is 616. The fourth-order valence-corrected chi connectivity index (χ4v) is 2.44. The van der Waals surface area contributed by atoms with Gasteiger partial charge < -0.3 is 14.4 Å². The number of hydrogen-bond acceptors (Lipinski definition) is 5. The maximum absolute atomic E-state index is 8.79. The lowest BCUT2D eigenvalue weighted by molar-refractivity contribution is 0.625. The predicted molar refractivity (Wildman–Crippen MR) is 76.6 cm³/mol. The minimum Gasteiger partial charge on any atom is -0.353 e. The van der Waals surface area contributed by atoms with Gasteiger partial charge in [0.2, 0.25) is 5.95 Å². The van der Waals surface area contributed by atoms with Crippen molar-refractivity contribution in [1.29, 1.82) is 5.26 Å². The third kappa shape index (κ3) is 2.30. The van der Waals surface area contributed by atoms with Crippen LogP contribution in [0.5, 0.6) is 0 Å². The Morgan fingerprint density at radius 2 is 1.85 bits per heavy atom. The summed E-state index contributed by atoms with van der Waals surface area (Å²) in [5.41, 5.74) is 0.598. The zero-order chi connectivity index (χ0) is 13.9. The number of imidazole rings is 1. The summed E-state index contributed by atoms with van der Waals surface area (Å²) < 4.78 is 2.04. The van der Waals surface area contributed by atoms with E-state index < -0.39 is 0 Å². The molecule has 102 valence electrons. The van der Waals surface area contributed by atoms with Gasteiger partial charge in [0.1, 0.15) is 11.9 Å². The molecule has 0 saturated carbocycles. The van der Waals surface area contributed by atoms with Crippen LogP contribution in [0.1, 0.15) is 5.56 Å². The molecule has 0 spiro atoms. The third-order valence-corrected chi connectivity index (χ3v) is 3.56. The van der Waals surface area contributed by atoms with Crippen molar-refractivity contribution in [2.75, 3.05) is 36.0 Å². The highest BCUT2D eigenvalue weighted by Gasteiger charge is 2.20. The molecule has 1 fully saturated rings. The molecule has 2 aromatic rings. The van der Waals surface area contributed by atoms with Crippen molar-refractivity contribution in [3.8, 4) is 6.07 Å². The van der Waals surface area contributed by atoms with Crippen molar-refractivity contribution < 1.29 is 0 Å². The zero-order valence-corrected chi connectivity index (χ0v) is 11.4. The molecule has 1 aliphatic rings. The van der Waals surface area contributed by atoms with Crippen molar-refractivity contribution in [3.63, 3.8) is 0 Å². The number of aryl methyl sites for hydroxylation is 1. The van der Waals surface area contributed by atoms with Gasteiger partial charge in [0, 0.05) is 51.8 Å². The van der Waals surface area contributed by atoms with Crippen molar-refractivity contribution in [3.05, 3.63) is 36.3 Å². The van der Waals surface area contributed by atoms with Crippen LogP contribution < -0.4 is 9.80 Å². The SMILES string of the molecule is Cn1ccnc1N1CCN(c2ccc(C#N)cn2)CC1. The summed E-state index contributed by atoms with van der Waals surface area (Å²) in [4.78, 5) is 13.2. The lowest BCUT2D eigenvalue weighted by atomic mass is 10.2. The highest BCUT2D eigenvalue weighted by Crippen LogP contribution is 2.17. The minimum atomic E-state index is 0.598. The van der Waals surface area contributed by atoms with Gasteiger partial charge in [0.05, 0.1) is 5.56 Å². The maximum atomic E-state index is 8.79. The van der Waals surface area contributed by atoms with E-state index in [1.165, 1.54) is 0 Å². The van der Waals surface area contributed by atoms with Crippen LogP contribution in [0, 0.1) is 11.3 Å². The second-order valence-electron chi connectivity index (χ2n) is 4.83. The molecular weight excluding hydrogens is 252 g/mol. The molecule has 6 nitrogen and oxygen atoms in total. The number of aromatic nitrogens is 3. The fourth-order valence-electron chi connectivity index (χ4n) is 2.44. The van der Waals surface area contributed by atoms with Crippen LogP contribution in [0.3, 0.4) is 0 Å². The molecule has 3 heterocycles. The van der Waals surface area contributed by atoms with E-state index in [2.05, 4.69) is 25.8 Å².